The van der Waals surface area contributed by atoms with Crippen molar-refractivity contribution in [2.24, 2.45) is 7.05 Å². The molecule has 49 heavy (non-hydrogen) atoms. The number of nitrogens with one attached hydrogen (secondary N) is 3. The normalized spacial score (nSPS) is 11.1. The molecule has 5 aromatic rings. The Labute approximate surface area is 287 Å². The van der Waals surface area contributed by atoms with Crippen LogP contribution in [0.2, 0.25) is 0 Å². The molecule has 1 aromatic heterocycles. The first kappa shape index (κ1) is 34.3. The Morgan fingerprint density at radius 3 is 2.16 bits per heavy atom. The fourth-order valence-electron chi connectivity index (χ4n) is 4.92. The summed E-state index contributed by atoms with van der Waals surface area (Å²) in [4.78, 5) is 53.3. The van der Waals surface area contributed by atoms with Gasteiger partial charge < -0.3 is 25.4 Å². The lowest BCUT2D eigenvalue weighted by Crippen LogP contribution is -2.30. The Morgan fingerprint density at radius 1 is 0.837 bits per heavy atom. The molecule has 4 aromatic carbocycles. The summed E-state index contributed by atoms with van der Waals surface area (Å²) >= 11 is 1.28. The summed E-state index contributed by atoms with van der Waals surface area (Å²) in [5, 5.41) is 8.30. The van der Waals surface area contributed by atoms with Crippen molar-refractivity contribution < 1.29 is 23.9 Å². The van der Waals surface area contributed by atoms with Crippen LogP contribution in [0, 0.1) is 6.92 Å². The van der Waals surface area contributed by atoms with Crippen LogP contribution < -0.4 is 31.0 Å². The maximum atomic E-state index is 13.5. The van der Waals surface area contributed by atoms with Crippen LogP contribution in [0.25, 0.3) is 11.8 Å². The number of nitrogens with zero attached hydrogens (tertiary/aromatic N) is 2. The molecule has 0 atom stereocenters. The predicted molar refractivity (Wildman–Crippen MR) is 192 cm³/mol. The maximum Gasteiger partial charge on any atom is 0.295 e. The number of para-hydroxylation sites is 1. The Morgan fingerprint density at radius 2 is 1.51 bits per heavy atom. The van der Waals surface area contributed by atoms with Gasteiger partial charge in [-0.05, 0) is 79.7 Å². The Hall–Kier alpha value is -6.01. The zero-order valence-corrected chi connectivity index (χ0v) is 28.2. The molecule has 0 aliphatic carbocycles. The van der Waals surface area contributed by atoms with E-state index in [1.54, 1.807) is 91.4 Å². The van der Waals surface area contributed by atoms with Gasteiger partial charge in [-0.1, -0.05) is 36.4 Å². The quantitative estimate of drug-likeness (QED) is 0.115. The fraction of sp³-hybridized carbons (Fsp3) is 0.135. The van der Waals surface area contributed by atoms with Crippen molar-refractivity contribution >= 4 is 46.9 Å². The SMILES string of the molecule is COc1ccc(OC)c(/C=C(\NC(=O)c2ccccc2)C(=O)Nc2ccc(SCC(=O)Nc3c(C)n(C)n(-c4ccccc4)c3=O)cc2)c1. The van der Waals surface area contributed by atoms with E-state index in [1.165, 1.54) is 36.7 Å². The van der Waals surface area contributed by atoms with E-state index in [9.17, 15) is 19.2 Å². The van der Waals surface area contributed by atoms with Crippen molar-refractivity contribution in [2.45, 2.75) is 11.8 Å². The summed E-state index contributed by atoms with van der Waals surface area (Å²) in [6, 6.07) is 29.8. The van der Waals surface area contributed by atoms with Crippen molar-refractivity contribution in [3.63, 3.8) is 0 Å². The third kappa shape index (κ3) is 8.29. The lowest BCUT2D eigenvalue weighted by Gasteiger charge is -2.13. The number of methoxy groups -OCH3 is 2. The van der Waals surface area contributed by atoms with Gasteiger partial charge in [0, 0.05) is 28.8 Å². The molecule has 0 radical (unpaired) electrons. The number of carbonyl (C=O) groups excluding carboxylic acids is 3. The average Bonchev–Trinajstić information content (AvgIpc) is 3.33. The van der Waals surface area contributed by atoms with Gasteiger partial charge in [0.25, 0.3) is 17.4 Å². The molecule has 5 rings (SSSR count). The van der Waals surface area contributed by atoms with Crippen LogP contribution in [0.15, 0.2) is 119 Å². The Balaban J connectivity index is 1.27. The van der Waals surface area contributed by atoms with Crippen LogP contribution in [0.5, 0.6) is 11.5 Å². The van der Waals surface area contributed by atoms with E-state index in [0.29, 0.717) is 39.7 Å². The number of anilines is 2. The Bertz CT molecular complexity index is 2060. The molecule has 0 bridgehead atoms. The minimum absolute atomic E-state index is 0.0157. The van der Waals surface area contributed by atoms with Gasteiger partial charge in [-0.3, -0.25) is 23.9 Å². The number of carbonyl (C=O) groups is 3. The van der Waals surface area contributed by atoms with E-state index in [2.05, 4.69) is 16.0 Å². The van der Waals surface area contributed by atoms with Crippen molar-refractivity contribution in [2.75, 3.05) is 30.6 Å². The minimum atomic E-state index is -0.562. The molecule has 1 heterocycles. The van der Waals surface area contributed by atoms with Gasteiger partial charge in [0.1, 0.15) is 22.9 Å². The summed E-state index contributed by atoms with van der Waals surface area (Å²) in [5.74, 6) is -0.260. The summed E-state index contributed by atoms with van der Waals surface area (Å²) in [7, 11) is 4.80. The van der Waals surface area contributed by atoms with Gasteiger partial charge in [-0.25, -0.2) is 4.68 Å². The fourth-order valence-corrected chi connectivity index (χ4v) is 5.62. The number of aromatic nitrogens is 2. The molecule has 0 fully saturated rings. The van der Waals surface area contributed by atoms with Crippen LogP contribution in [0.4, 0.5) is 11.4 Å². The highest BCUT2D eigenvalue weighted by molar-refractivity contribution is 8.00. The second-order valence-electron chi connectivity index (χ2n) is 10.7. The number of thioether (sulfide) groups is 1. The third-order valence-electron chi connectivity index (χ3n) is 7.57. The van der Waals surface area contributed by atoms with Crippen LogP contribution in [0.3, 0.4) is 0 Å². The van der Waals surface area contributed by atoms with Gasteiger partial charge in [-0.2, -0.15) is 0 Å². The molecule has 0 unspecified atom stereocenters. The average molecular weight is 678 g/mol. The van der Waals surface area contributed by atoms with Gasteiger partial charge in [-0.15, -0.1) is 11.8 Å². The molecule has 11 nitrogen and oxygen atoms in total. The molecule has 0 saturated carbocycles. The van der Waals surface area contributed by atoms with Gasteiger partial charge in [0.15, 0.2) is 0 Å². The second-order valence-corrected chi connectivity index (χ2v) is 11.8. The topological polar surface area (TPSA) is 133 Å². The Kier molecular flexibility index (Phi) is 11.0. The first-order valence-electron chi connectivity index (χ1n) is 15.2. The zero-order valence-electron chi connectivity index (χ0n) is 27.4. The second kappa shape index (κ2) is 15.7. The van der Waals surface area contributed by atoms with E-state index in [4.69, 9.17) is 9.47 Å². The molecule has 0 aliphatic heterocycles. The smallest absolute Gasteiger partial charge is 0.295 e. The third-order valence-corrected chi connectivity index (χ3v) is 8.58. The lowest BCUT2D eigenvalue weighted by molar-refractivity contribution is -0.114. The minimum Gasteiger partial charge on any atom is -0.497 e. The molecule has 0 saturated heterocycles. The number of amides is 3. The highest BCUT2D eigenvalue weighted by atomic mass is 32.2. The van der Waals surface area contributed by atoms with Gasteiger partial charge in [0.05, 0.1) is 31.4 Å². The highest BCUT2D eigenvalue weighted by Crippen LogP contribution is 2.27. The van der Waals surface area contributed by atoms with E-state index in [-0.39, 0.29) is 28.6 Å². The predicted octanol–water partition coefficient (Wildman–Crippen LogP) is 5.64. The van der Waals surface area contributed by atoms with Crippen molar-refractivity contribution in [3.8, 4) is 17.2 Å². The zero-order chi connectivity index (χ0) is 34.9. The molecule has 3 N–H and O–H groups in total. The summed E-state index contributed by atoms with van der Waals surface area (Å²) < 4.78 is 14.0. The molecule has 3 amide bonds. The standard InChI is InChI=1S/C37H35N5O6S/c1-24-34(37(46)42(41(24)2)28-13-9-6-10-14-28)40-33(43)23-49-30-18-15-27(16-19-30)38-36(45)31(39-35(44)25-11-7-5-8-12-25)22-26-21-29(47-3)17-20-32(26)48-4/h5-22H,23H2,1-4H3,(H,38,45)(H,39,44)(H,40,43)/b31-22-. The number of hydrogen-bond donors (Lipinski definition) is 3. The van der Waals surface area contributed by atoms with E-state index in [0.717, 1.165) is 4.90 Å². The number of rotatable bonds is 12. The van der Waals surface area contributed by atoms with Crippen LogP contribution in [0.1, 0.15) is 21.6 Å². The molecule has 250 valence electrons. The lowest BCUT2D eigenvalue weighted by atomic mass is 10.1. The van der Waals surface area contributed by atoms with Crippen LogP contribution in [-0.4, -0.2) is 47.1 Å². The van der Waals surface area contributed by atoms with E-state index >= 15 is 0 Å². The van der Waals surface area contributed by atoms with E-state index in [1.807, 2.05) is 30.3 Å². The number of benzene rings is 4. The first-order valence-corrected chi connectivity index (χ1v) is 16.1. The number of ether oxygens (including phenoxy) is 2. The molecular weight excluding hydrogens is 643 g/mol. The summed E-state index contributed by atoms with van der Waals surface area (Å²) in [5.41, 5.74) is 2.60. The summed E-state index contributed by atoms with van der Waals surface area (Å²) in [6.07, 6.45) is 1.52. The van der Waals surface area contributed by atoms with Crippen molar-refractivity contribution in [1.29, 1.82) is 0 Å². The molecule has 0 aliphatic rings. The van der Waals surface area contributed by atoms with Gasteiger partial charge in [0.2, 0.25) is 5.91 Å². The largest absolute Gasteiger partial charge is 0.497 e. The van der Waals surface area contributed by atoms with Crippen molar-refractivity contribution in [1.82, 2.24) is 14.7 Å². The molecule has 12 heteroatoms. The van der Waals surface area contributed by atoms with Gasteiger partial charge >= 0.3 is 0 Å². The van der Waals surface area contributed by atoms with Crippen LogP contribution >= 0.6 is 11.8 Å². The maximum absolute atomic E-state index is 13.5. The molecule has 0 spiro atoms. The number of hydrogen-bond acceptors (Lipinski definition) is 7. The monoisotopic (exact) mass is 677 g/mol. The van der Waals surface area contributed by atoms with E-state index < -0.39 is 11.8 Å². The highest BCUT2D eigenvalue weighted by Gasteiger charge is 2.19. The molecular formula is C37H35N5O6S. The van der Waals surface area contributed by atoms with Crippen LogP contribution in [-0.2, 0) is 16.6 Å². The first-order chi connectivity index (χ1) is 23.7. The summed E-state index contributed by atoms with van der Waals surface area (Å²) in [6.45, 7) is 1.78. The van der Waals surface area contributed by atoms with Crippen molar-refractivity contribution in [3.05, 3.63) is 136 Å².